The molecule has 19 heavy (non-hydrogen) atoms. The summed E-state index contributed by atoms with van der Waals surface area (Å²) in [6.45, 7) is 5.81. The third-order valence-electron chi connectivity index (χ3n) is 2.89. The zero-order valence-corrected chi connectivity index (χ0v) is 11.3. The molecule has 1 aromatic rings. The molecule has 0 fully saturated rings. The van der Waals surface area contributed by atoms with Crippen molar-refractivity contribution in [3.05, 3.63) is 29.6 Å². The van der Waals surface area contributed by atoms with Crippen molar-refractivity contribution in [1.29, 1.82) is 5.26 Å². The minimum Gasteiger partial charge on any atom is -0.327 e. The van der Waals surface area contributed by atoms with Crippen LogP contribution in [-0.4, -0.2) is 11.9 Å². The SMILES string of the molecule is CC(C)(C)C(N)CC(=O)Nc1ccc(C#N)cc1F. The van der Waals surface area contributed by atoms with Crippen LogP contribution in [0.5, 0.6) is 0 Å². The molecule has 102 valence electrons. The van der Waals surface area contributed by atoms with Crippen LogP contribution in [0.3, 0.4) is 0 Å². The molecule has 0 aliphatic heterocycles. The molecule has 0 spiro atoms. The van der Waals surface area contributed by atoms with Gasteiger partial charge in [-0.15, -0.1) is 0 Å². The predicted molar refractivity (Wildman–Crippen MR) is 71.8 cm³/mol. The summed E-state index contributed by atoms with van der Waals surface area (Å²) in [7, 11) is 0. The summed E-state index contributed by atoms with van der Waals surface area (Å²) in [5.74, 6) is -0.970. The second-order valence-corrected chi connectivity index (χ2v) is 5.53. The Labute approximate surface area is 112 Å². The molecule has 1 amide bonds. The molecule has 1 aromatic carbocycles. The van der Waals surface area contributed by atoms with Gasteiger partial charge in [0.05, 0.1) is 17.3 Å². The molecule has 0 heterocycles. The zero-order chi connectivity index (χ0) is 14.6. The standard InChI is InChI=1S/C14H18FN3O/c1-14(2,3)12(17)7-13(19)18-11-5-4-9(8-16)6-10(11)15/h4-6,12H,7,17H2,1-3H3,(H,18,19). The summed E-state index contributed by atoms with van der Waals surface area (Å²) in [6.07, 6.45) is 0.114. The Morgan fingerprint density at radius 1 is 1.53 bits per heavy atom. The van der Waals surface area contributed by atoms with Crippen LogP contribution in [-0.2, 0) is 4.79 Å². The lowest BCUT2D eigenvalue weighted by atomic mass is 9.85. The first kappa shape index (κ1) is 15.1. The lowest BCUT2D eigenvalue weighted by molar-refractivity contribution is -0.117. The number of halogens is 1. The van der Waals surface area contributed by atoms with Gasteiger partial charge < -0.3 is 11.1 Å². The normalized spacial score (nSPS) is 12.6. The van der Waals surface area contributed by atoms with E-state index in [1.165, 1.54) is 12.1 Å². The van der Waals surface area contributed by atoms with E-state index >= 15 is 0 Å². The summed E-state index contributed by atoms with van der Waals surface area (Å²) in [6, 6.07) is 5.42. The largest absolute Gasteiger partial charge is 0.327 e. The van der Waals surface area contributed by atoms with E-state index in [0.29, 0.717) is 0 Å². The Balaban J connectivity index is 2.71. The van der Waals surface area contributed by atoms with E-state index in [1.54, 1.807) is 0 Å². The van der Waals surface area contributed by atoms with Crippen LogP contribution in [0, 0.1) is 22.6 Å². The van der Waals surface area contributed by atoms with Gasteiger partial charge in [0, 0.05) is 12.5 Å². The number of nitrogens with zero attached hydrogens (tertiary/aromatic N) is 1. The third-order valence-corrected chi connectivity index (χ3v) is 2.89. The molecule has 0 aromatic heterocycles. The molecule has 1 rings (SSSR count). The van der Waals surface area contributed by atoms with Crippen LogP contribution in [0.2, 0.25) is 0 Å². The maximum absolute atomic E-state index is 13.6. The van der Waals surface area contributed by atoms with E-state index in [4.69, 9.17) is 11.0 Å². The van der Waals surface area contributed by atoms with Crippen molar-refractivity contribution in [2.75, 3.05) is 5.32 Å². The van der Waals surface area contributed by atoms with Gasteiger partial charge in [0.25, 0.3) is 0 Å². The van der Waals surface area contributed by atoms with Crippen LogP contribution in [0.15, 0.2) is 18.2 Å². The monoisotopic (exact) mass is 263 g/mol. The molecule has 0 radical (unpaired) electrons. The molecular formula is C14H18FN3O. The third kappa shape index (κ3) is 4.34. The maximum atomic E-state index is 13.6. The highest BCUT2D eigenvalue weighted by Gasteiger charge is 2.23. The molecule has 1 unspecified atom stereocenters. The molecule has 5 heteroatoms. The average molecular weight is 263 g/mol. The highest BCUT2D eigenvalue weighted by atomic mass is 19.1. The number of amides is 1. The molecule has 0 saturated heterocycles. The van der Waals surface area contributed by atoms with Gasteiger partial charge in [-0.3, -0.25) is 4.79 Å². The van der Waals surface area contributed by atoms with E-state index in [1.807, 2.05) is 26.8 Å². The van der Waals surface area contributed by atoms with E-state index in [9.17, 15) is 9.18 Å². The van der Waals surface area contributed by atoms with Gasteiger partial charge in [0.2, 0.25) is 5.91 Å². The number of nitriles is 1. The topological polar surface area (TPSA) is 78.9 Å². The number of carbonyl (C=O) groups is 1. The van der Waals surface area contributed by atoms with Gasteiger partial charge in [0.15, 0.2) is 0 Å². The summed E-state index contributed by atoms with van der Waals surface area (Å²) in [5, 5.41) is 11.1. The first-order chi connectivity index (χ1) is 8.74. The smallest absolute Gasteiger partial charge is 0.226 e. The van der Waals surface area contributed by atoms with Crippen molar-refractivity contribution >= 4 is 11.6 Å². The fraction of sp³-hybridized carbons (Fsp3) is 0.429. The number of anilines is 1. The first-order valence-electron chi connectivity index (χ1n) is 5.99. The second kappa shape index (κ2) is 5.81. The van der Waals surface area contributed by atoms with E-state index < -0.39 is 5.82 Å². The molecule has 0 bridgehead atoms. The number of nitrogens with one attached hydrogen (secondary N) is 1. The summed E-state index contributed by atoms with van der Waals surface area (Å²) >= 11 is 0. The number of nitrogens with two attached hydrogens (primary N) is 1. The summed E-state index contributed by atoms with van der Waals surface area (Å²) in [4.78, 5) is 11.8. The first-order valence-corrected chi connectivity index (χ1v) is 5.99. The summed E-state index contributed by atoms with van der Waals surface area (Å²) < 4.78 is 13.6. The summed E-state index contributed by atoms with van der Waals surface area (Å²) in [5.41, 5.74) is 5.97. The van der Waals surface area contributed by atoms with Gasteiger partial charge in [-0.1, -0.05) is 20.8 Å². The minimum atomic E-state index is -0.628. The number of hydrogen-bond acceptors (Lipinski definition) is 3. The fourth-order valence-corrected chi connectivity index (χ4v) is 1.39. The van der Waals surface area contributed by atoms with Crippen molar-refractivity contribution in [2.45, 2.75) is 33.2 Å². The van der Waals surface area contributed by atoms with Gasteiger partial charge in [-0.05, 0) is 23.6 Å². The quantitative estimate of drug-likeness (QED) is 0.878. The van der Waals surface area contributed by atoms with Crippen LogP contribution < -0.4 is 11.1 Å². The number of hydrogen-bond donors (Lipinski definition) is 2. The number of benzene rings is 1. The van der Waals surface area contributed by atoms with Crippen molar-refractivity contribution in [1.82, 2.24) is 0 Å². The Bertz CT molecular complexity index is 514. The van der Waals surface area contributed by atoms with Crippen molar-refractivity contribution in [2.24, 2.45) is 11.1 Å². The van der Waals surface area contributed by atoms with Gasteiger partial charge in [0.1, 0.15) is 5.82 Å². The highest BCUT2D eigenvalue weighted by Crippen LogP contribution is 2.21. The zero-order valence-electron chi connectivity index (χ0n) is 11.3. The van der Waals surface area contributed by atoms with Gasteiger partial charge in [-0.2, -0.15) is 5.26 Å². The van der Waals surface area contributed by atoms with Crippen LogP contribution in [0.4, 0.5) is 10.1 Å². The van der Waals surface area contributed by atoms with Crippen molar-refractivity contribution < 1.29 is 9.18 Å². The predicted octanol–water partition coefficient (Wildman–Crippen LogP) is 2.40. The lowest BCUT2D eigenvalue weighted by Crippen LogP contribution is -2.38. The van der Waals surface area contributed by atoms with E-state index in [-0.39, 0.29) is 35.0 Å². The number of carbonyl (C=O) groups excluding carboxylic acids is 1. The highest BCUT2D eigenvalue weighted by molar-refractivity contribution is 5.91. The van der Waals surface area contributed by atoms with Crippen LogP contribution in [0.25, 0.3) is 0 Å². The van der Waals surface area contributed by atoms with E-state index in [2.05, 4.69) is 5.32 Å². The molecule has 3 N–H and O–H groups in total. The van der Waals surface area contributed by atoms with Crippen LogP contribution >= 0.6 is 0 Å². The Kier molecular flexibility index (Phi) is 4.62. The Morgan fingerprint density at radius 2 is 2.16 bits per heavy atom. The average Bonchev–Trinajstić information content (AvgIpc) is 2.30. The second-order valence-electron chi connectivity index (χ2n) is 5.53. The minimum absolute atomic E-state index is 0.0603. The van der Waals surface area contributed by atoms with Crippen molar-refractivity contribution in [3.8, 4) is 6.07 Å². The van der Waals surface area contributed by atoms with Gasteiger partial charge >= 0.3 is 0 Å². The molecule has 1 atom stereocenters. The molecule has 0 saturated carbocycles. The maximum Gasteiger partial charge on any atom is 0.226 e. The van der Waals surface area contributed by atoms with Crippen LogP contribution in [0.1, 0.15) is 32.8 Å². The lowest BCUT2D eigenvalue weighted by Gasteiger charge is -2.26. The van der Waals surface area contributed by atoms with Gasteiger partial charge in [-0.25, -0.2) is 4.39 Å². The molecule has 4 nitrogen and oxygen atoms in total. The molecule has 0 aliphatic carbocycles. The molecular weight excluding hydrogens is 245 g/mol. The number of rotatable bonds is 3. The Hall–Kier alpha value is -1.93. The van der Waals surface area contributed by atoms with E-state index in [0.717, 1.165) is 6.07 Å². The fourth-order valence-electron chi connectivity index (χ4n) is 1.39. The Morgan fingerprint density at radius 3 is 2.63 bits per heavy atom. The van der Waals surface area contributed by atoms with Crippen molar-refractivity contribution in [3.63, 3.8) is 0 Å². The molecule has 0 aliphatic rings.